The summed E-state index contributed by atoms with van der Waals surface area (Å²) in [5.41, 5.74) is 1.63. The minimum Gasteiger partial charge on any atom is -0.372 e. The molecule has 0 radical (unpaired) electrons. The van der Waals surface area contributed by atoms with Gasteiger partial charge in [0.2, 0.25) is 0 Å². The molecular weight excluding hydrogens is 420 g/mol. The SMILES string of the molecule is CNc1nc(-c2cccc(Cl)c2Cl)nc(C(C)(C)C)c1I. The predicted molar refractivity (Wildman–Crippen MR) is 98.5 cm³/mol. The Morgan fingerprint density at radius 2 is 1.81 bits per heavy atom. The molecule has 112 valence electrons. The molecule has 6 heteroatoms. The highest BCUT2D eigenvalue weighted by atomic mass is 127. The monoisotopic (exact) mass is 435 g/mol. The predicted octanol–water partition coefficient (Wildman–Crippen LogP) is 5.39. The van der Waals surface area contributed by atoms with Crippen LogP contribution in [0.1, 0.15) is 26.5 Å². The Bertz CT molecular complexity index is 681. The van der Waals surface area contributed by atoms with E-state index in [-0.39, 0.29) is 5.41 Å². The molecule has 0 atom stereocenters. The second kappa shape index (κ2) is 6.26. The molecule has 1 aromatic heterocycles. The van der Waals surface area contributed by atoms with Crippen LogP contribution in [0.5, 0.6) is 0 Å². The lowest BCUT2D eigenvalue weighted by molar-refractivity contribution is 0.564. The van der Waals surface area contributed by atoms with E-state index < -0.39 is 0 Å². The Kier molecular flexibility index (Phi) is 5.00. The normalized spacial score (nSPS) is 11.6. The Hall–Kier alpha value is -0.590. The molecule has 0 aliphatic carbocycles. The number of halogens is 3. The van der Waals surface area contributed by atoms with Gasteiger partial charge in [0, 0.05) is 18.0 Å². The van der Waals surface area contributed by atoms with E-state index in [1.165, 1.54) is 0 Å². The fourth-order valence-corrected chi connectivity index (χ4v) is 3.61. The number of anilines is 1. The number of hydrogen-bond donors (Lipinski definition) is 1. The first-order valence-corrected chi connectivity index (χ1v) is 8.29. The Morgan fingerprint density at radius 3 is 2.38 bits per heavy atom. The zero-order valence-electron chi connectivity index (χ0n) is 12.3. The van der Waals surface area contributed by atoms with Crippen LogP contribution >= 0.6 is 45.8 Å². The number of nitrogens with zero attached hydrogens (tertiary/aromatic N) is 2. The van der Waals surface area contributed by atoms with Crippen molar-refractivity contribution >= 4 is 51.6 Å². The van der Waals surface area contributed by atoms with Gasteiger partial charge in [-0.2, -0.15) is 0 Å². The first-order valence-electron chi connectivity index (χ1n) is 6.46. The molecule has 0 saturated carbocycles. The topological polar surface area (TPSA) is 37.8 Å². The van der Waals surface area contributed by atoms with Gasteiger partial charge in [0.05, 0.1) is 19.3 Å². The average Bonchev–Trinajstić information content (AvgIpc) is 2.41. The zero-order valence-corrected chi connectivity index (χ0v) is 15.9. The molecule has 0 aliphatic rings. The second-order valence-electron chi connectivity index (χ2n) is 5.66. The lowest BCUT2D eigenvalue weighted by Crippen LogP contribution is -2.18. The van der Waals surface area contributed by atoms with Crippen molar-refractivity contribution in [1.82, 2.24) is 9.97 Å². The van der Waals surface area contributed by atoms with Gasteiger partial charge in [-0.3, -0.25) is 0 Å². The summed E-state index contributed by atoms with van der Waals surface area (Å²) in [5, 5.41) is 4.09. The number of aromatic nitrogens is 2. The van der Waals surface area contributed by atoms with Crippen molar-refractivity contribution in [2.45, 2.75) is 26.2 Å². The molecule has 1 aromatic carbocycles. The van der Waals surface area contributed by atoms with Gasteiger partial charge >= 0.3 is 0 Å². The summed E-state index contributed by atoms with van der Waals surface area (Å²) in [6.07, 6.45) is 0. The van der Waals surface area contributed by atoms with Crippen LogP contribution in [0.2, 0.25) is 10.0 Å². The van der Waals surface area contributed by atoms with Gasteiger partial charge in [-0.25, -0.2) is 9.97 Å². The van der Waals surface area contributed by atoms with E-state index in [0.29, 0.717) is 15.9 Å². The lowest BCUT2D eigenvalue weighted by atomic mass is 9.91. The molecule has 0 aliphatic heterocycles. The van der Waals surface area contributed by atoms with Gasteiger partial charge in [0.1, 0.15) is 5.82 Å². The van der Waals surface area contributed by atoms with E-state index in [1.54, 1.807) is 6.07 Å². The van der Waals surface area contributed by atoms with E-state index in [4.69, 9.17) is 28.2 Å². The van der Waals surface area contributed by atoms with Crippen molar-refractivity contribution in [2.24, 2.45) is 0 Å². The van der Waals surface area contributed by atoms with Crippen molar-refractivity contribution in [3.63, 3.8) is 0 Å². The van der Waals surface area contributed by atoms with Gasteiger partial charge in [0.25, 0.3) is 0 Å². The van der Waals surface area contributed by atoms with Crippen molar-refractivity contribution in [3.05, 3.63) is 37.5 Å². The highest BCUT2D eigenvalue weighted by Crippen LogP contribution is 2.35. The molecule has 0 bridgehead atoms. The maximum absolute atomic E-state index is 6.30. The van der Waals surface area contributed by atoms with Crippen LogP contribution in [0, 0.1) is 3.57 Å². The third-order valence-corrected chi connectivity index (χ3v) is 4.83. The van der Waals surface area contributed by atoms with Crippen molar-refractivity contribution in [3.8, 4) is 11.4 Å². The summed E-state index contributed by atoms with van der Waals surface area (Å²) < 4.78 is 1.02. The fourth-order valence-electron chi connectivity index (χ4n) is 1.91. The van der Waals surface area contributed by atoms with Gasteiger partial charge in [0.15, 0.2) is 5.82 Å². The lowest BCUT2D eigenvalue weighted by Gasteiger charge is -2.22. The standard InChI is InChI=1S/C15H16Cl2IN3/c1-15(2,3)12-11(18)14(19-4)21-13(20-12)8-6-5-7-9(16)10(8)17/h5-7H,1-4H3,(H,19,20,21). The van der Waals surface area contributed by atoms with Crippen LogP contribution in [-0.2, 0) is 5.41 Å². The molecule has 2 aromatic rings. The fraction of sp³-hybridized carbons (Fsp3) is 0.333. The summed E-state index contributed by atoms with van der Waals surface area (Å²) in [6, 6.07) is 5.48. The smallest absolute Gasteiger partial charge is 0.163 e. The maximum atomic E-state index is 6.30. The zero-order chi connectivity index (χ0) is 15.8. The van der Waals surface area contributed by atoms with Crippen molar-refractivity contribution in [2.75, 3.05) is 12.4 Å². The Labute approximate surface area is 148 Å². The molecule has 3 nitrogen and oxygen atoms in total. The molecule has 1 heterocycles. The quantitative estimate of drug-likeness (QED) is 0.642. The van der Waals surface area contributed by atoms with Crippen LogP contribution in [0.25, 0.3) is 11.4 Å². The first kappa shape index (κ1) is 16.8. The number of rotatable bonds is 2. The molecule has 1 N–H and O–H groups in total. The third-order valence-electron chi connectivity index (χ3n) is 2.99. The van der Waals surface area contributed by atoms with Gasteiger partial charge in [-0.1, -0.05) is 50.0 Å². The van der Waals surface area contributed by atoms with Crippen molar-refractivity contribution < 1.29 is 0 Å². The van der Waals surface area contributed by atoms with Crippen LogP contribution in [0.15, 0.2) is 18.2 Å². The molecule has 0 fully saturated rings. The Morgan fingerprint density at radius 1 is 1.14 bits per heavy atom. The van der Waals surface area contributed by atoms with E-state index in [9.17, 15) is 0 Å². The molecule has 21 heavy (non-hydrogen) atoms. The highest BCUT2D eigenvalue weighted by Gasteiger charge is 2.24. The summed E-state index contributed by atoms with van der Waals surface area (Å²) in [5.74, 6) is 1.37. The molecule has 0 saturated heterocycles. The molecule has 0 unspecified atom stereocenters. The molecule has 2 rings (SSSR count). The van der Waals surface area contributed by atoms with Crippen LogP contribution in [-0.4, -0.2) is 17.0 Å². The van der Waals surface area contributed by atoms with E-state index in [0.717, 1.165) is 20.6 Å². The van der Waals surface area contributed by atoms with E-state index in [1.807, 2.05) is 19.2 Å². The highest BCUT2D eigenvalue weighted by molar-refractivity contribution is 14.1. The second-order valence-corrected chi connectivity index (χ2v) is 7.52. The number of nitrogens with one attached hydrogen (secondary N) is 1. The summed E-state index contributed by atoms with van der Waals surface area (Å²) in [4.78, 5) is 9.29. The minimum atomic E-state index is -0.0924. The minimum absolute atomic E-state index is 0.0924. The van der Waals surface area contributed by atoms with Gasteiger partial charge < -0.3 is 5.32 Å². The molecule has 0 spiro atoms. The third kappa shape index (κ3) is 3.43. The van der Waals surface area contributed by atoms with Crippen LogP contribution in [0.3, 0.4) is 0 Å². The Balaban J connectivity index is 2.73. The molecular formula is C15H16Cl2IN3. The van der Waals surface area contributed by atoms with Crippen LogP contribution in [0.4, 0.5) is 5.82 Å². The average molecular weight is 436 g/mol. The van der Waals surface area contributed by atoms with Gasteiger partial charge in [-0.15, -0.1) is 0 Å². The number of benzene rings is 1. The largest absolute Gasteiger partial charge is 0.372 e. The number of hydrogen-bond acceptors (Lipinski definition) is 3. The summed E-state index contributed by atoms with van der Waals surface area (Å²) >= 11 is 14.7. The summed E-state index contributed by atoms with van der Waals surface area (Å²) in [6.45, 7) is 6.38. The van der Waals surface area contributed by atoms with Crippen molar-refractivity contribution in [1.29, 1.82) is 0 Å². The van der Waals surface area contributed by atoms with Gasteiger partial charge in [-0.05, 0) is 34.7 Å². The summed E-state index contributed by atoms with van der Waals surface area (Å²) in [7, 11) is 1.85. The van der Waals surface area contributed by atoms with Crippen LogP contribution < -0.4 is 5.32 Å². The molecule has 0 amide bonds. The maximum Gasteiger partial charge on any atom is 0.163 e. The van der Waals surface area contributed by atoms with E-state index >= 15 is 0 Å². The first-order chi connectivity index (χ1) is 9.75. The van der Waals surface area contributed by atoms with E-state index in [2.05, 4.69) is 53.7 Å².